The first kappa shape index (κ1) is 15.3. The predicted octanol–water partition coefficient (Wildman–Crippen LogP) is 2.54. The van der Waals surface area contributed by atoms with E-state index in [0.717, 1.165) is 11.3 Å². The molecule has 1 rings (SSSR count). The van der Waals surface area contributed by atoms with E-state index in [1.165, 1.54) is 0 Å². The quantitative estimate of drug-likeness (QED) is 0.878. The molecule has 0 saturated heterocycles. The highest BCUT2D eigenvalue weighted by atomic mass is 16.6. The molecular weight excluding hydrogens is 244 g/mol. The highest BCUT2D eigenvalue weighted by Gasteiger charge is 2.17. The van der Waals surface area contributed by atoms with E-state index in [4.69, 9.17) is 15.2 Å². The predicted molar refractivity (Wildman–Crippen MR) is 75.6 cm³/mol. The van der Waals surface area contributed by atoms with Crippen molar-refractivity contribution in [3.8, 4) is 5.75 Å². The average Bonchev–Trinajstić information content (AvgIpc) is 2.29. The van der Waals surface area contributed by atoms with Gasteiger partial charge >= 0.3 is 6.09 Å². The fourth-order valence-electron chi connectivity index (χ4n) is 1.59. The fourth-order valence-corrected chi connectivity index (χ4v) is 1.59. The summed E-state index contributed by atoms with van der Waals surface area (Å²) >= 11 is 0. The molecule has 0 aromatic heterocycles. The van der Waals surface area contributed by atoms with Gasteiger partial charge in [-0.3, -0.25) is 5.32 Å². The van der Waals surface area contributed by atoms with E-state index >= 15 is 0 Å². The molecular formula is C14H22N2O3. The standard InChI is InChI=1S/C14H22N2O3/c1-14(2,3)19-13(17)16-12-6-5-11(18-4)9-10(12)7-8-15/h5-6,9H,7-8,15H2,1-4H3,(H,16,17). The summed E-state index contributed by atoms with van der Waals surface area (Å²) in [7, 11) is 1.60. The van der Waals surface area contributed by atoms with Crippen molar-refractivity contribution in [1.29, 1.82) is 0 Å². The summed E-state index contributed by atoms with van der Waals surface area (Å²) < 4.78 is 10.4. The van der Waals surface area contributed by atoms with Gasteiger partial charge in [-0.1, -0.05) is 0 Å². The van der Waals surface area contributed by atoms with Crippen LogP contribution in [0.25, 0.3) is 0 Å². The summed E-state index contributed by atoms with van der Waals surface area (Å²) in [6.07, 6.45) is 0.179. The Morgan fingerprint density at radius 1 is 1.37 bits per heavy atom. The molecule has 19 heavy (non-hydrogen) atoms. The number of rotatable bonds is 4. The van der Waals surface area contributed by atoms with Crippen LogP contribution >= 0.6 is 0 Å². The number of carbonyl (C=O) groups is 1. The number of nitrogens with two attached hydrogens (primary N) is 1. The van der Waals surface area contributed by atoms with Crippen LogP contribution in [0.15, 0.2) is 18.2 Å². The van der Waals surface area contributed by atoms with Crippen LogP contribution in [0.5, 0.6) is 5.75 Å². The number of benzene rings is 1. The third-order valence-corrected chi connectivity index (χ3v) is 2.36. The Hall–Kier alpha value is -1.75. The van der Waals surface area contributed by atoms with Crippen LogP contribution in [0.1, 0.15) is 26.3 Å². The Balaban J connectivity index is 2.84. The third-order valence-electron chi connectivity index (χ3n) is 2.36. The number of methoxy groups -OCH3 is 1. The van der Waals surface area contributed by atoms with Gasteiger partial charge in [0.15, 0.2) is 0 Å². The van der Waals surface area contributed by atoms with Crippen LogP contribution in [-0.4, -0.2) is 25.3 Å². The molecule has 1 aromatic carbocycles. The lowest BCUT2D eigenvalue weighted by molar-refractivity contribution is 0.0636. The normalized spacial score (nSPS) is 11.0. The maximum absolute atomic E-state index is 11.7. The number of hydrogen-bond donors (Lipinski definition) is 2. The maximum atomic E-state index is 11.7. The van der Waals surface area contributed by atoms with Gasteiger partial charge < -0.3 is 15.2 Å². The van der Waals surface area contributed by atoms with E-state index in [1.54, 1.807) is 19.2 Å². The Labute approximate surface area is 114 Å². The fraction of sp³-hybridized carbons (Fsp3) is 0.500. The van der Waals surface area contributed by atoms with Crippen molar-refractivity contribution in [2.24, 2.45) is 5.73 Å². The second kappa shape index (κ2) is 6.43. The molecule has 3 N–H and O–H groups in total. The molecule has 0 radical (unpaired) electrons. The van der Waals surface area contributed by atoms with Crippen molar-refractivity contribution < 1.29 is 14.3 Å². The van der Waals surface area contributed by atoms with Crippen molar-refractivity contribution in [3.05, 3.63) is 23.8 Å². The lowest BCUT2D eigenvalue weighted by atomic mass is 10.1. The molecule has 0 aliphatic rings. The summed E-state index contributed by atoms with van der Waals surface area (Å²) in [5, 5.41) is 2.73. The van der Waals surface area contributed by atoms with Gasteiger partial charge in [-0.15, -0.1) is 0 Å². The van der Waals surface area contributed by atoms with Crippen LogP contribution < -0.4 is 15.8 Å². The summed E-state index contributed by atoms with van der Waals surface area (Å²) in [6.45, 7) is 5.96. The van der Waals surface area contributed by atoms with Crippen molar-refractivity contribution in [1.82, 2.24) is 0 Å². The second-order valence-corrected chi connectivity index (χ2v) is 5.19. The van der Waals surface area contributed by atoms with Crippen molar-refractivity contribution in [2.75, 3.05) is 19.0 Å². The third kappa shape index (κ3) is 5.18. The van der Waals surface area contributed by atoms with Crippen LogP contribution in [0.4, 0.5) is 10.5 Å². The molecule has 1 aromatic rings. The topological polar surface area (TPSA) is 73.6 Å². The Morgan fingerprint density at radius 3 is 2.58 bits per heavy atom. The van der Waals surface area contributed by atoms with E-state index in [0.29, 0.717) is 18.7 Å². The molecule has 106 valence electrons. The minimum atomic E-state index is -0.523. The molecule has 1 amide bonds. The molecule has 0 spiro atoms. The summed E-state index contributed by atoms with van der Waals surface area (Å²) in [5.41, 5.74) is 6.66. The van der Waals surface area contributed by atoms with E-state index in [9.17, 15) is 4.79 Å². The van der Waals surface area contributed by atoms with Crippen LogP contribution in [0.3, 0.4) is 0 Å². The summed E-state index contributed by atoms with van der Waals surface area (Å²) in [5.74, 6) is 0.734. The van der Waals surface area contributed by atoms with Crippen molar-refractivity contribution in [3.63, 3.8) is 0 Å². The van der Waals surface area contributed by atoms with Crippen LogP contribution in [0, 0.1) is 0 Å². The molecule has 0 fully saturated rings. The molecule has 0 unspecified atom stereocenters. The number of anilines is 1. The average molecular weight is 266 g/mol. The molecule has 0 aliphatic carbocycles. The highest BCUT2D eigenvalue weighted by molar-refractivity contribution is 5.86. The SMILES string of the molecule is COc1ccc(NC(=O)OC(C)(C)C)c(CCN)c1. The van der Waals surface area contributed by atoms with Gasteiger partial charge in [0.2, 0.25) is 0 Å². The van der Waals surface area contributed by atoms with E-state index in [1.807, 2.05) is 26.8 Å². The van der Waals surface area contributed by atoms with Gasteiger partial charge in [-0.25, -0.2) is 4.79 Å². The first-order valence-electron chi connectivity index (χ1n) is 6.22. The molecule has 0 bridgehead atoms. The van der Waals surface area contributed by atoms with Gasteiger partial charge in [0.05, 0.1) is 7.11 Å². The lowest BCUT2D eigenvalue weighted by Crippen LogP contribution is -2.27. The smallest absolute Gasteiger partial charge is 0.412 e. The highest BCUT2D eigenvalue weighted by Crippen LogP contribution is 2.23. The molecule has 0 saturated carbocycles. The monoisotopic (exact) mass is 266 g/mol. The zero-order valence-electron chi connectivity index (χ0n) is 11.9. The Bertz CT molecular complexity index is 439. The number of ether oxygens (including phenoxy) is 2. The van der Waals surface area contributed by atoms with Crippen LogP contribution in [-0.2, 0) is 11.2 Å². The number of hydrogen-bond acceptors (Lipinski definition) is 4. The minimum absolute atomic E-state index is 0.476. The van der Waals surface area contributed by atoms with Gasteiger partial charge in [0.25, 0.3) is 0 Å². The second-order valence-electron chi connectivity index (χ2n) is 5.19. The molecule has 5 nitrogen and oxygen atoms in total. The molecule has 5 heteroatoms. The van der Waals surface area contributed by atoms with Crippen molar-refractivity contribution >= 4 is 11.8 Å². The zero-order chi connectivity index (χ0) is 14.5. The lowest BCUT2D eigenvalue weighted by Gasteiger charge is -2.20. The van der Waals surface area contributed by atoms with Gasteiger partial charge in [-0.05, 0) is 57.5 Å². The van der Waals surface area contributed by atoms with E-state index in [-0.39, 0.29) is 0 Å². The number of nitrogens with one attached hydrogen (secondary N) is 1. The Kier molecular flexibility index (Phi) is 5.18. The van der Waals surface area contributed by atoms with Gasteiger partial charge in [0, 0.05) is 5.69 Å². The van der Waals surface area contributed by atoms with E-state index < -0.39 is 11.7 Å². The van der Waals surface area contributed by atoms with Gasteiger partial charge in [0.1, 0.15) is 11.4 Å². The minimum Gasteiger partial charge on any atom is -0.497 e. The molecule has 0 heterocycles. The first-order valence-corrected chi connectivity index (χ1v) is 6.22. The number of amides is 1. The summed E-state index contributed by atoms with van der Waals surface area (Å²) in [6, 6.07) is 5.43. The maximum Gasteiger partial charge on any atom is 0.412 e. The summed E-state index contributed by atoms with van der Waals surface area (Å²) in [4.78, 5) is 11.7. The Morgan fingerprint density at radius 2 is 2.05 bits per heavy atom. The molecule has 0 aliphatic heterocycles. The largest absolute Gasteiger partial charge is 0.497 e. The zero-order valence-corrected chi connectivity index (χ0v) is 11.9. The van der Waals surface area contributed by atoms with Gasteiger partial charge in [-0.2, -0.15) is 0 Å². The molecule has 0 atom stereocenters. The van der Waals surface area contributed by atoms with Crippen LogP contribution in [0.2, 0.25) is 0 Å². The van der Waals surface area contributed by atoms with Crippen molar-refractivity contribution in [2.45, 2.75) is 32.8 Å². The van der Waals surface area contributed by atoms with E-state index in [2.05, 4.69) is 5.32 Å². The first-order chi connectivity index (χ1) is 8.85. The number of carbonyl (C=O) groups excluding carboxylic acids is 1.